The summed E-state index contributed by atoms with van der Waals surface area (Å²) in [6.45, 7) is 4.20. The van der Waals surface area contributed by atoms with Gasteiger partial charge in [0.25, 0.3) is 5.92 Å². The molecule has 3 heterocycles. The van der Waals surface area contributed by atoms with Crippen molar-refractivity contribution in [3.8, 4) is 5.75 Å². The second kappa shape index (κ2) is 3.80. The number of alkyl halides is 2. The van der Waals surface area contributed by atoms with Crippen molar-refractivity contribution in [2.45, 2.75) is 38.2 Å². The molecule has 1 atom stereocenters. The van der Waals surface area contributed by atoms with Crippen LogP contribution in [0.4, 0.5) is 14.6 Å². The Hall–Kier alpha value is -1.39. The maximum Gasteiger partial charge on any atom is 0.267 e. The minimum absolute atomic E-state index is 0.139. The van der Waals surface area contributed by atoms with Crippen LogP contribution in [0.5, 0.6) is 5.75 Å². The number of aromatic nitrogens is 1. The second-order valence-corrected chi connectivity index (χ2v) is 5.36. The number of pyridine rings is 1. The summed E-state index contributed by atoms with van der Waals surface area (Å²) in [5.74, 6) is -1.08. The van der Waals surface area contributed by atoms with Crippen molar-refractivity contribution in [3.63, 3.8) is 0 Å². The van der Waals surface area contributed by atoms with Crippen molar-refractivity contribution in [1.82, 2.24) is 4.98 Å². The van der Waals surface area contributed by atoms with E-state index in [0.29, 0.717) is 24.1 Å². The lowest BCUT2D eigenvalue weighted by molar-refractivity contribution is 0.0210. The van der Waals surface area contributed by atoms with Gasteiger partial charge in [0.1, 0.15) is 6.61 Å². The summed E-state index contributed by atoms with van der Waals surface area (Å²) >= 11 is 0. The quantitative estimate of drug-likeness (QED) is 0.770. The lowest BCUT2D eigenvalue weighted by Crippen LogP contribution is -2.39. The average Bonchev–Trinajstić information content (AvgIpc) is 2.62. The van der Waals surface area contributed by atoms with Gasteiger partial charge in [0.15, 0.2) is 11.6 Å². The summed E-state index contributed by atoms with van der Waals surface area (Å²) in [5.41, 5.74) is 1.04. The highest BCUT2D eigenvalue weighted by Gasteiger charge is 2.48. The number of rotatable bonds is 1. The van der Waals surface area contributed by atoms with Crippen LogP contribution in [0.1, 0.15) is 31.7 Å². The van der Waals surface area contributed by atoms with Crippen molar-refractivity contribution in [2.24, 2.45) is 0 Å². The molecule has 0 radical (unpaired) electrons. The average molecular weight is 254 g/mol. The Morgan fingerprint density at radius 1 is 1.50 bits per heavy atom. The largest absolute Gasteiger partial charge is 0.487 e. The second-order valence-electron chi connectivity index (χ2n) is 5.36. The van der Waals surface area contributed by atoms with E-state index in [1.165, 1.54) is 0 Å². The molecular weight excluding hydrogens is 238 g/mol. The normalized spacial score (nSPS) is 24.7. The molecule has 1 fully saturated rings. The lowest BCUT2D eigenvalue weighted by atomic mass is 10.0. The lowest BCUT2D eigenvalue weighted by Gasteiger charge is -2.33. The predicted molar refractivity (Wildman–Crippen MR) is 64.5 cm³/mol. The monoisotopic (exact) mass is 254 g/mol. The molecule has 0 aromatic carbocycles. The summed E-state index contributed by atoms with van der Waals surface area (Å²) < 4.78 is 32.6. The zero-order valence-electron chi connectivity index (χ0n) is 10.5. The molecule has 1 saturated heterocycles. The maximum atomic E-state index is 13.5. The van der Waals surface area contributed by atoms with E-state index in [4.69, 9.17) is 4.74 Å². The Labute approximate surface area is 105 Å². The van der Waals surface area contributed by atoms with E-state index in [1.54, 1.807) is 11.1 Å². The van der Waals surface area contributed by atoms with Crippen molar-refractivity contribution < 1.29 is 13.5 Å². The molecule has 2 aliphatic rings. The third kappa shape index (κ3) is 1.72. The summed E-state index contributed by atoms with van der Waals surface area (Å²) in [6, 6.07) is 1.65. The van der Waals surface area contributed by atoms with E-state index in [1.807, 2.05) is 6.07 Å². The van der Waals surface area contributed by atoms with Gasteiger partial charge in [-0.1, -0.05) is 13.8 Å². The molecule has 5 heteroatoms. The molecule has 1 aromatic rings. The van der Waals surface area contributed by atoms with Crippen molar-refractivity contribution in [3.05, 3.63) is 17.8 Å². The first-order valence-electron chi connectivity index (χ1n) is 6.24. The van der Waals surface area contributed by atoms with Crippen LogP contribution in [-0.4, -0.2) is 30.1 Å². The highest BCUT2D eigenvalue weighted by atomic mass is 19.3. The third-order valence-electron chi connectivity index (χ3n) is 3.61. The summed E-state index contributed by atoms with van der Waals surface area (Å²) in [6.07, 6.45) is 1.54. The van der Waals surface area contributed by atoms with Gasteiger partial charge < -0.3 is 9.64 Å². The zero-order valence-corrected chi connectivity index (χ0v) is 10.5. The molecule has 0 N–H and O–H groups in total. The van der Waals surface area contributed by atoms with Crippen LogP contribution in [0, 0.1) is 0 Å². The fourth-order valence-electron chi connectivity index (χ4n) is 2.73. The van der Waals surface area contributed by atoms with Gasteiger partial charge in [-0.25, -0.2) is 13.8 Å². The van der Waals surface area contributed by atoms with E-state index in [2.05, 4.69) is 18.8 Å². The maximum absolute atomic E-state index is 13.5. The molecule has 0 saturated carbocycles. The van der Waals surface area contributed by atoms with E-state index in [0.717, 1.165) is 5.56 Å². The Morgan fingerprint density at radius 2 is 2.28 bits per heavy atom. The number of halogens is 2. The van der Waals surface area contributed by atoms with Gasteiger partial charge in [-0.2, -0.15) is 0 Å². The molecule has 3 nitrogen and oxygen atoms in total. The summed E-state index contributed by atoms with van der Waals surface area (Å²) in [7, 11) is 0. The third-order valence-corrected chi connectivity index (χ3v) is 3.61. The fraction of sp³-hybridized carbons (Fsp3) is 0.615. The number of nitrogens with zero attached hydrogens (tertiary/aromatic N) is 2. The van der Waals surface area contributed by atoms with Gasteiger partial charge in [-0.15, -0.1) is 0 Å². The number of anilines is 1. The molecule has 1 aromatic heterocycles. The van der Waals surface area contributed by atoms with Gasteiger partial charge in [0.2, 0.25) is 0 Å². The Morgan fingerprint density at radius 3 is 3.00 bits per heavy atom. The van der Waals surface area contributed by atoms with E-state index in [-0.39, 0.29) is 19.0 Å². The first-order valence-corrected chi connectivity index (χ1v) is 6.24. The molecular formula is C13H16F2N2O. The first kappa shape index (κ1) is 11.7. The SMILES string of the molecule is CC(C)c1ccnc2c1OC[C@@H]1CC(F)(F)CN21. The molecule has 0 amide bonds. The van der Waals surface area contributed by atoms with Gasteiger partial charge in [-0.05, 0) is 12.0 Å². The Kier molecular flexibility index (Phi) is 2.47. The zero-order chi connectivity index (χ0) is 12.9. The van der Waals surface area contributed by atoms with E-state index in [9.17, 15) is 8.78 Å². The van der Waals surface area contributed by atoms with Crippen LogP contribution in [-0.2, 0) is 0 Å². The molecule has 18 heavy (non-hydrogen) atoms. The first-order chi connectivity index (χ1) is 8.48. The smallest absolute Gasteiger partial charge is 0.267 e. The number of hydrogen-bond donors (Lipinski definition) is 0. The standard InChI is InChI=1S/C13H16F2N2O/c1-8(2)10-3-4-16-12-11(10)18-6-9-5-13(14,15)7-17(9)12/h3-4,8-9H,5-7H2,1-2H3/t9-/m0/s1. The van der Waals surface area contributed by atoms with Gasteiger partial charge >= 0.3 is 0 Å². The van der Waals surface area contributed by atoms with Crippen LogP contribution >= 0.6 is 0 Å². The summed E-state index contributed by atoms with van der Waals surface area (Å²) in [4.78, 5) is 5.94. The van der Waals surface area contributed by atoms with Gasteiger partial charge in [0, 0.05) is 18.2 Å². The topological polar surface area (TPSA) is 25.4 Å². The van der Waals surface area contributed by atoms with Gasteiger partial charge in [-0.3, -0.25) is 0 Å². The molecule has 0 unspecified atom stereocenters. The molecule has 3 rings (SSSR count). The van der Waals surface area contributed by atoms with Crippen LogP contribution in [0.2, 0.25) is 0 Å². The van der Waals surface area contributed by atoms with Crippen molar-refractivity contribution in [2.75, 3.05) is 18.1 Å². The van der Waals surface area contributed by atoms with E-state index >= 15 is 0 Å². The summed E-state index contributed by atoms with van der Waals surface area (Å²) in [5, 5.41) is 0. The van der Waals surface area contributed by atoms with Crippen LogP contribution in [0.15, 0.2) is 12.3 Å². The molecule has 2 aliphatic heterocycles. The van der Waals surface area contributed by atoms with Crippen LogP contribution in [0.25, 0.3) is 0 Å². The Balaban J connectivity index is 2.03. The van der Waals surface area contributed by atoms with Gasteiger partial charge in [0.05, 0.1) is 12.6 Å². The highest BCUT2D eigenvalue weighted by Crippen LogP contribution is 2.44. The number of fused-ring (bicyclic) bond motifs is 3. The fourth-order valence-corrected chi connectivity index (χ4v) is 2.73. The Bertz CT molecular complexity index is 476. The van der Waals surface area contributed by atoms with Crippen LogP contribution < -0.4 is 9.64 Å². The molecule has 0 bridgehead atoms. The van der Waals surface area contributed by atoms with Crippen molar-refractivity contribution in [1.29, 1.82) is 0 Å². The number of ether oxygens (including phenoxy) is 1. The number of hydrogen-bond acceptors (Lipinski definition) is 3. The minimum Gasteiger partial charge on any atom is -0.487 e. The van der Waals surface area contributed by atoms with Crippen molar-refractivity contribution >= 4 is 5.82 Å². The molecule has 0 spiro atoms. The molecule has 0 aliphatic carbocycles. The minimum atomic E-state index is -2.63. The van der Waals surface area contributed by atoms with E-state index < -0.39 is 5.92 Å². The molecule has 98 valence electrons. The predicted octanol–water partition coefficient (Wildman–Crippen LogP) is 2.81. The highest BCUT2D eigenvalue weighted by molar-refractivity contribution is 5.60. The van der Waals surface area contributed by atoms with Crippen LogP contribution in [0.3, 0.4) is 0 Å².